The molecule has 0 heterocycles. The Hall–Kier alpha value is -2.23. The van der Waals surface area contributed by atoms with Gasteiger partial charge in [-0.2, -0.15) is 0 Å². The molecule has 436 valence electrons. The van der Waals surface area contributed by atoms with Gasteiger partial charge in [0.25, 0.3) is 0 Å². The lowest BCUT2D eigenvalue weighted by molar-refractivity contribution is -0.870. The second-order valence-electron chi connectivity index (χ2n) is 23.1. The van der Waals surface area contributed by atoms with Gasteiger partial charge < -0.3 is 33.3 Å². The maximum Gasteiger partial charge on any atom is 0.306 e. The molecule has 0 bridgehead atoms. The van der Waals surface area contributed by atoms with Crippen molar-refractivity contribution in [3.63, 3.8) is 0 Å². The number of nitrogens with zero attached hydrogens (tertiary/aromatic N) is 1. The van der Waals surface area contributed by atoms with Crippen molar-refractivity contribution in [3.8, 4) is 0 Å². The van der Waals surface area contributed by atoms with Gasteiger partial charge in [0.15, 0.2) is 12.4 Å². The fraction of sp³-hybridized carbons (Fsp3) is 0.892. The van der Waals surface area contributed by atoms with Crippen LogP contribution in [0.4, 0.5) is 0 Å². The molecule has 0 aliphatic rings. The van der Waals surface area contributed by atoms with E-state index >= 15 is 0 Å². The van der Waals surface area contributed by atoms with Crippen LogP contribution in [0.15, 0.2) is 24.3 Å². The third kappa shape index (κ3) is 57.5. The van der Waals surface area contributed by atoms with Gasteiger partial charge >= 0.3 is 11.9 Å². The molecule has 0 rings (SSSR count). The summed E-state index contributed by atoms with van der Waals surface area (Å²) in [5, 5.41) is 11.8. The first kappa shape index (κ1) is 71.8. The Morgan fingerprint density at radius 2 is 0.730 bits per heavy atom. The van der Waals surface area contributed by atoms with Crippen LogP contribution in [-0.2, 0) is 33.3 Å². The number of ether oxygens (including phenoxy) is 4. The number of allylic oxidation sites excluding steroid dienone is 4. The summed E-state index contributed by atoms with van der Waals surface area (Å²) in [5.41, 5.74) is 0. The number of aliphatic carboxylic acids is 1. The Morgan fingerprint density at radius 1 is 0.405 bits per heavy atom. The van der Waals surface area contributed by atoms with Crippen LogP contribution in [0.5, 0.6) is 0 Å². The van der Waals surface area contributed by atoms with Gasteiger partial charge in [0.2, 0.25) is 0 Å². The molecule has 9 nitrogen and oxygen atoms in total. The molecule has 0 saturated carbocycles. The lowest BCUT2D eigenvalue weighted by Gasteiger charge is -2.26. The van der Waals surface area contributed by atoms with Crippen molar-refractivity contribution in [2.24, 2.45) is 0 Å². The number of quaternary nitrogens is 1. The van der Waals surface area contributed by atoms with Crippen molar-refractivity contribution >= 4 is 17.9 Å². The molecule has 0 aromatic rings. The highest BCUT2D eigenvalue weighted by molar-refractivity contribution is 5.70. The molecule has 0 N–H and O–H groups in total. The number of carboxylic acids is 1. The summed E-state index contributed by atoms with van der Waals surface area (Å²) < 4.78 is 22.8. The van der Waals surface area contributed by atoms with E-state index < -0.39 is 24.3 Å². The maximum atomic E-state index is 12.9. The maximum absolute atomic E-state index is 12.9. The van der Waals surface area contributed by atoms with E-state index in [0.717, 1.165) is 51.4 Å². The first-order chi connectivity index (χ1) is 36.1. The number of hydrogen-bond donors (Lipinski definition) is 0. The van der Waals surface area contributed by atoms with E-state index in [1.54, 1.807) is 0 Å². The molecule has 0 aromatic heterocycles. The zero-order valence-electron chi connectivity index (χ0n) is 49.7. The van der Waals surface area contributed by atoms with Crippen molar-refractivity contribution in [2.75, 3.05) is 47.5 Å². The summed E-state index contributed by atoms with van der Waals surface area (Å²) >= 11 is 0. The third-order valence-electron chi connectivity index (χ3n) is 14.5. The topological polar surface area (TPSA) is 111 Å². The summed E-state index contributed by atoms with van der Waals surface area (Å²) in [4.78, 5) is 37.3. The molecule has 0 amide bonds. The molecule has 0 aliphatic carbocycles. The molecule has 9 heteroatoms. The van der Waals surface area contributed by atoms with Gasteiger partial charge in [-0.1, -0.05) is 282 Å². The number of carbonyl (C=O) groups excluding carboxylic acids is 3. The first-order valence-corrected chi connectivity index (χ1v) is 32.0. The molecule has 74 heavy (non-hydrogen) atoms. The zero-order chi connectivity index (χ0) is 54.1. The monoisotopic (exact) mass is 1050 g/mol. The van der Waals surface area contributed by atoms with Crippen LogP contribution in [0.1, 0.15) is 316 Å². The van der Waals surface area contributed by atoms with Crippen LogP contribution >= 0.6 is 0 Å². The Morgan fingerprint density at radius 3 is 1.09 bits per heavy atom. The van der Waals surface area contributed by atoms with E-state index in [-0.39, 0.29) is 32.2 Å². The van der Waals surface area contributed by atoms with Crippen molar-refractivity contribution in [1.29, 1.82) is 0 Å². The van der Waals surface area contributed by atoms with Crippen LogP contribution in [0.3, 0.4) is 0 Å². The van der Waals surface area contributed by atoms with Crippen LogP contribution in [0, 0.1) is 0 Å². The average molecular weight is 1050 g/mol. The highest BCUT2D eigenvalue weighted by Crippen LogP contribution is 2.18. The minimum atomic E-state index is -1.62. The number of rotatable bonds is 60. The van der Waals surface area contributed by atoms with E-state index in [2.05, 4.69) is 38.2 Å². The summed E-state index contributed by atoms with van der Waals surface area (Å²) in [6.45, 7) is 4.77. The molecule has 2 unspecified atom stereocenters. The van der Waals surface area contributed by atoms with E-state index in [9.17, 15) is 19.5 Å². The molecular weight excluding hydrogens is 923 g/mol. The summed E-state index contributed by atoms with van der Waals surface area (Å²) in [6.07, 6.45) is 65.3. The molecule has 0 fully saturated rings. The van der Waals surface area contributed by atoms with Gasteiger partial charge in [-0.25, -0.2) is 0 Å². The Kier molecular flexibility index (Phi) is 55.2. The highest BCUT2D eigenvalue weighted by Gasteiger charge is 2.22. The number of esters is 2. The fourth-order valence-electron chi connectivity index (χ4n) is 9.51. The third-order valence-corrected chi connectivity index (χ3v) is 14.5. The van der Waals surface area contributed by atoms with E-state index in [1.165, 1.54) is 231 Å². The van der Waals surface area contributed by atoms with Gasteiger partial charge in [0.1, 0.15) is 13.2 Å². The van der Waals surface area contributed by atoms with Crippen molar-refractivity contribution in [1.82, 2.24) is 0 Å². The molecule has 2 atom stereocenters. The Bertz CT molecular complexity index is 1260. The lowest BCUT2D eigenvalue weighted by atomic mass is 10.0. The van der Waals surface area contributed by atoms with Crippen molar-refractivity contribution in [3.05, 3.63) is 24.3 Å². The smallest absolute Gasteiger partial charge is 0.306 e. The SMILES string of the molecule is CCCCC/C=C\C/C=C\CCCCCCCCCCCC(=O)OC(COC(=O)CCCCCCCCCCCCCCCCCCCCCCCCCCCCCCCC)COC(OCC[N+](C)(C)C)C(=O)[O-]. The van der Waals surface area contributed by atoms with Gasteiger partial charge in [0.05, 0.1) is 40.3 Å². The van der Waals surface area contributed by atoms with Crippen molar-refractivity contribution in [2.45, 2.75) is 328 Å². The minimum absolute atomic E-state index is 0.149. The number of carboxylic acid groups (broad SMARTS) is 1. The first-order valence-electron chi connectivity index (χ1n) is 32.0. The van der Waals surface area contributed by atoms with Gasteiger partial charge in [-0.15, -0.1) is 0 Å². The fourth-order valence-corrected chi connectivity index (χ4v) is 9.51. The van der Waals surface area contributed by atoms with Crippen molar-refractivity contribution < 1.29 is 42.9 Å². The molecule has 0 radical (unpaired) electrons. The van der Waals surface area contributed by atoms with E-state index in [4.69, 9.17) is 18.9 Å². The second-order valence-corrected chi connectivity index (χ2v) is 23.1. The van der Waals surface area contributed by atoms with Gasteiger partial charge in [-0.3, -0.25) is 9.59 Å². The highest BCUT2D eigenvalue weighted by atomic mass is 16.7. The second kappa shape index (κ2) is 57.0. The van der Waals surface area contributed by atoms with Crippen LogP contribution in [-0.4, -0.2) is 82.3 Å². The van der Waals surface area contributed by atoms with Crippen LogP contribution in [0.25, 0.3) is 0 Å². The minimum Gasteiger partial charge on any atom is -0.545 e. The van der Waals surface area contributed by atoms with E-state index in [1.807, 2.05) is 21.1 Å². The molecular formula is C65H123NO8. The predicted molar refractivity (Wildman–Crippen MR) is 311 cm³/mol. The number of unbranched alkanes of at least 4 members (excludes halogenated alkanes) is 41. The Labute approximate surface area is 458 Å². The predicted octanol–water partition coefficient (Wildman–Crippen LogP) is 17.7. The number of likely N-dealkylation sites (N-methyl/N-ethyl adjacent to an activating group) is 1. The molecule has 0 saturated heterocycles. The molecule has 0 aromatic carbocycles. The van der Waals surface area contributed by atoms with Gasteiger partial charge in [-0.05, 0) is 44.9 Å². The zero-order valence-corrected chi connectivity index (χ0v) is 49.7. The summed E-state index contributed by atoms with van der Waals surface area (Å²) in [6, 6.07) is 0. The summed E-state index contributed by atoms with van der Waals surface area (Å²) in [5.74, 6) is -2.27. The van der Waals surface area contributed by atoms with E-state index in [0.29, 0.717) is 23.9 Å². The normalized spacial score (nSPS) is 12.8. The summed E-state index contributed by atoms with van der Waals surface area (Å²) in [7, 11) is 5.93. The quantitative estimate of drug-likeness (QED) is 0.0195. The van der Waals surface area contributed by atoms with Crippen LogP contribution < -0.4 is 5.11 Å². The number of hydrogen-bond acceptors (Lipinski definition) is 8. The Balaban J connectivity index is 4.08. The molecule has 0 spiro atoms. The average Bonchev–Trinajstić information content (AvgIpc) is 3.37. The number of carbonyl (C=O) groups is 3. The standard InChI is InChI=1S/C65H123NO8/c1-6-8-10-12-14-16-18-20-22-24-26-27-28-29-30-31-32-33-34-35-36-38-39-41-43-45-47-49-51-53-55-62(67)72-59-61(60-73-65(64(69)70)71-58-57-66(3,4)5)74-63(68)56-54-52-50-48-46-44-42-40-37-25-23-21-19-17-15-13-11-9-7-2/h15,17,21,23,61,65H,6-14,16,18-20,22,24-60H2,1-5H3/b17-15-,23-21-. The lowest BCUT2D eigenvalue weighted by Crippen LogP contribution is -2.44. The van der Waals surface area contributed by atoms with Crippen LogP contribution in [0.2, 0.25) is 0 Å². The molecule has 0 aliphatic heterocycles. The van der Waals surface area contributed by atoms with Gasteiger partial charge in [0, 0.05) is 12.8 Å². The largest absolute Gasteiger partial charge is 0.545 e.